The van der Waals surface area contributed by atoms with Gasteiger partial charge in [0, 0.05) is 12.6 Å². The fraction of sp³-hybridized carbons (Fsp3) is 0.462. The molecule has 1 aliphatic carbocycles. The molecule has 1 aliphatic rings. The number of halogens is 2. The van der Waals surface area contributed by atoms with Crippen molar-refractivity contribution in [1.82, 2.24) is 5.32 Å². The zero-order valence-electron chi connectivity index (χ0n) is 9.83. The Bertz CT molecular complexity index is 445. The summed E-state index contributed by atoms with van der Waals surface area (Å²) >= 11 is 0. The maximum Gasteiger partial charge on any atom is 0.224 e. The van der Waals surface area contributed by atoms with Crippen molar-refractivity contribution in [1.29, 1.82) is 0 Å². The molecule has 0 aliphatic heterocycles. The Balaban J connectivity index is 1.80. The second-order valence-electron chi connectivity index (χ2n) is 4.71. The van der Waals surface area contributed by atoms with E-state index in [2.05, 4.69) is 5.32 Å². The normalized spacial score (nSPS) is 22.4. The van der Waals surface area contributed by atoms with Gasteiger partial charge in [-0.05, 0) is 30.4 Å². The van der Waals surface area contributed by atoms with E-state index in [-0.39, 0.29) is 24.0 Å². The third-order valence-corrected chi connectivity index (χ3v) is 3.16. The number of hydrogen-bond donors (Lipinski definition) is 2. The number of aliphatic hydroxyl groups is 1. The SMILES string of the molecule is O=C(Cc1ccc(F)cc1F)NCC1CC(O)C1. The molecule has 0 unspecified atom stereocenters. The highest BCUT2D eigenvalue weighted by Crippen LogP contribution is 2.26. The maximum atomic E-state index is 13.3. The fourth-order valence-corrected chi connectivity index (χ4v) is 2.03. The number of benzene rings is 1. The number of carbonyl (C=O) groups excluding carboxylic acids is 1. The molecule has 1 saturated carbocycles. The lowest BCUT2D eigenvalue weighted by Gasteiger charge is -2.31. The van der Waals surface area contributed by atoms with Crippen LogP contribution in [-0.2, 0) is 11.2 Å². The van der Waals surface area contributed by atoms with Gasteiger partial charge in [0.2, 0.25) is 5.91 Å². The molecule has 0 spiro atoms. The fourth-order valence-electron chi connectivity index (χ4n) is 2.03. The molecule has 0 atom stereocenters. The van der Waals surface area contributed by atoms with E-state index < -0.39 is 11.6 Å². The Kier molecular flexibility index (Phi) is 3.91. The predicted octanol–water partition coefficient (Wildman–Crippen LogP) is 1.39. The van der Waals surface area contributed by atoms with E-state index in [0.717, 1.165) is 12.1 Å². The third-order valence-electron chi connectivity index (χ3n) is 3.16. The van der Waals surface area contributed by atoms with Crippen LogP contribution in [0.3, 0.4) is 0 Å². The summed E-state index contributed by atoms with van der Waals surface area (Å²) in [6.07, 6.45) is 1.05. The molecule has 2 rings (SSSR count). The third kappa shape index (κ3) is 3.26. The van der Waals surface area contributed by atoms with Crippen LogP contribution < -0.4 is 5.32 Å². The minimum Gasteiger partial charge on any atom is -0.393 e. The van der Waals surface area contributed by atoms with Crippen molar-refractivity contribution >= 4 is 5.91 Å². The summed E-state index contributed by atoms with van der Waals surface area (Å²) in [6.45, 7) is 0.499. The summed E-state index contributed by atoms with van der Waals surface area (Å²) in [5, 5.41) is 11.8. The summed E-state index contributed by atoms with van der Waals surface area (Å²) in [7, 11) is 0. The van der Waals surface area contributed by atoms with Crippen LogP contribution >= 0.6 is 0 Å². The molecule has 5 heteroatoms. The molecule has 3 nitrogen and oxygen atoms in total. The topological polar surface area (TPSA) is 49.3 Å². The molecule has 1 aromatic carbocycles. The van der Waals surface area contributed by atoms with Crippen molar-refractivity contribution in [2.75, 3.05) is 6.54 Å². The highest BCUT2D eigenvalue weighted by atomic mass is 19.1. The molecular formula is C13H15F2NO2. The van der Waals surface area contributed by atoms with Gasteiger partial charge in [0.15, 0.2) is 0 Å². The van der Waals surface area contributed by atoms with Gasteiger partial charge in [0.05, 0.1) is 12.5 Å². The van der Waals surface area contributed by atoms with Crippen molar-refractivity contribution < 1.29 is 18.7 Å². The molecule has 0 saturated heterocycles. The smallest absolute Gasteiger partial charge is 0.224 e. The van der Waals surface area contributed by atoms with E-state index in [9.17, 15) is 13.6 Å². The quantitative estimate of drug-likeness (QED) is 0.854. The largest absolute Gasteiger partial charge is 0.393 e. The van der Waals surface area contributed by atoms with Crippen molar-refractivity contribution in [3.05, 3.63) is 35.4 Å². The maximum absolute atomic E-state index is 13.3. The van der Waals surface area contributed by atoms with Gasteiger partial charge in [-0.1, -0.05) is 6.07 Å². The van der Waals surface area contributed by atoms with Crippen LogP contribution in [0.1, 0.15) is 18.4 Å². The molecule has 1 aromatic rings. The first kappa shape index (κ1) is 13.0. The molecule has 18 heavy (non-hydrogen) atoms. The Morgan fingerprint density at radius 3 is 2.72 bits per heavy atom. The van der Waals surface area contributed by atoms with Crippen LogP contribution in [0.25, 0.3) is 0 Å². The lowest BCUT2D eigenvalue weighted by atomic mass is 9.82. The highest BCUT2D eigenvalue weighted by Gasteiger charge is 2.27. The van der Waals surface area contributed by atoms with Gasteiger partial charge in [-0.25, -0.2) is 8.78 Å². The van der Waals surface area contributed by atoms with Crippen LogP contribution in [0, 0.1) is 17.6 Å². The van der Waals surface area contributed by atoms with Gasteiger partial charge in [-0.2, -0.15) is 0 Å². The van der Waals surface area contributed by atoms with Crippen LogP contribution in [0.5, 0.6) is 0 Å². The molecule has 1 fully saturated rings. The minimum absolute atomic E-state index is 0.0958. The summed E-state index contributed by atoms with van der Waals surface area (Å²) in [6, 6.07) is 3.18. The Morgan fingerprint density at radius 1 is 1.39 bits per heavy atom. The molecule has 2 N–H and O–H groups in total. The number of carbonyl (C=O) groups is 1. The van der Waals surface area contributed by atoms with E-state index in [1.54, 1.807) is 0 Å². The molecule has 1 amide bonds. The Hall–Kier alpha value is -1.49. The van der Waals surface area contributed by atoms with Crippen LogP contribution in [0.2, 0.25) is 0 Å². The zero-order chi connectivity index (χ0) is 13.1. The van der Waals surface area contributed by atoms with Crippen molar-refractivity contribution in [3.63, 3.8) is 0 Å². The Morgan fingerprint density at radius 2 is 2.11 bits per heavy atom. The van der Waals surface area contributed by atoms with Crippen molar-refractivity contribution in [2.24, 2.45) is 5.92 Å². The lowest BCUT2D eigenvalue weighted by molar-refractivity contribution is -0.121. The molecule has 0 bridgehead atoms. The first-order chi connectivity index (χ1) is 8.54. The van der Waals surface area contributed by atoms with Crippen LogP contribution in [0.4, 0.5) is 8.78 Å². The second-order valence-corrected chi connectivity index (χ2v) is 4.71. The number of hydrogen-bond acceptors (Lipinski definition) is 2. The molecule has 0 radical (unpaired) electrons. The van der Waals surface area contributed by atoms with E-state index in [0.29, 0.717) is 25.3 Å². The van der Waals surface area contributed by atoms with Gasteiger partial charge < -0.3 is 10.4 Å². The van der Waals surface area contributed by atoms with E-state index >= 15 is 0 Å². The van der Waals surface area contributed by atoms with Gasteiger partial charge in [0.1, 0.15) is 11.6 Å². The standard InChI is InChI=1S/C13H15F2NO2/c14-10-2-1-9(12(15)6-10)5-13(18)16-7-8-3-11(17)4-8/h1-2,6,8,11,17H,3-5,7H2,(H,16,18). The van der Waals surface area contributed by atoms with Crippen LogP contribution in [-0.4, -0.2) is 23.7 Å². The van der Waals surface area contributed by atoms with Gasteiger partial charge in [0.25, 0.3) is 0 Å². The number of amides is 1. The van der Waals surface area contributed by atoms with Gasteiger partial charge in [-0.3, -0.25) is 4.79 Å². The number of aliphatic hydroxyl groups excluding tert-OH is 1. The average molecular weight is 255 g/mol. The van der Waals surface area contributed by atoms with Crippen LogP contribution in [0.15, 0.2) is 18.2 Å². The lowest BCUT2D eigenvalue weighted by Crippen LogP contribution is -2.38. The summed E-state index contributed by atoms with van der Waals surface area (Å²) < 4.78 is 25.9. The molecular weight excluding hydrogens is 240 g/mol. The first-order valence-electron chi connectivity index (χ1n) is 5.93. The zero-order valence-corrected chi connectivity index (χ0v) is 9.83. The molecule has 0 aromatic heterocycles. The van der Waals surface area contributed by atoms with E-state index in [4.69, 9.17) is 5.11 Å². The highest BCUT2D eigenvalue weighted by molar-refractivity contribution is 5.78. The monoisotopic (exact) mass is 255 g/mol. The van der Waals surface area contributed by atoms with Crippen molar-refractivity contribution in [3.8, 4) is 0 Å². The van der Waals surface area contributed by atoms with Crippen molar-refractivity contribution in [2.45, 2.75) is 25.4 Å². The van der Waals surface area contributed by atoms with E-state index in [1.165, 1.54) is 6.07 Å². The minimum atomic E-state index is -0.704. The second kappa shape index (κ2) is 5.44. The summed E-state index contributed by atoms with van der Waals surface area (Å²) in [4.78, 5) is 11.5. The van der Waals surface area contributed by atoms with Gasteiger partial charge in [-0.15, -0.1) is 0 Å². The average Bonchev–Trinajstić information content (AvgIpc) is 2.27. The molecule has 0 heterocycles. The van der Waals surface area contributed by atoms with E-state index in [1.807, 2.05) is 0 Å². The predicted molar refractivity (Wildman–Crippen MR) is 61.8 cm³/mol. The number of rotatable bonds is 4. The Labute approximate surface area is 104 Å². The summed E-state index contributed by atoms with van der Waals surface area (Å²) in [5.74, 6) is -1.34. The number of nitrogens with one attached hydrogen (secondary N) is 1. The first-order valence-corrected chi connectivity index (χ1v) is 5.93. The molecule has 98 valence electrons. The summed E-state index contributed by atoms with van der Waals surface area (Å²) in [5.41, 5.74) is 0.183. The van der Waals surface area contributed by atoms with Gasteiger partial charge >= 0.3 is 0 Å².